The first-order chi connectivity index (χ1) is 28.5. The molecule has 0 aromatic carbocycles. The summed E-state index contributed by atoms with van der Waals surface area (Å²) < 4.78 is 11.1. The van der Waals surface area contributed by atoms with Gasteiger partial charge in [0, 0.05) is 0 Å². The lowest BCUT2D eigenvalue weighted by Crippen LogP contribution is -2.60. The van der Waals surface area contributed by atoms with Gasteiger partial charge in [-0.15, -0.1) is 0 Å². The number of hydrogen-bond acceptors (Lipinski definition) is 10. The first-order valence-electron chi connectivity index (χ1n) is 24.8. The van der Waals surface area contributed by atoms with Crippen LogP contribution in [0.3, 0.4) is 0 Å². The molecule has 1 amide bonds. The van der Waals surface area contributed by atoms with Gasteiger partial charge >= 0.3 is 0 Å². The summed E-state index contributed by atoms with van der Waals surface area (Å²) in [5, 5.41) is 75.7. The van der Waals surface area contributed by atoms with Crippen molar-refractivity contribution in [1.82, 2.24) is 5.32 Å². The standard InChI is InChI=1S/C48H95NO10/c1-4-5-6-7-8-9-10-11-12-13-14-15-16-17-18-19-22-26-29-32-35-41(52)47(57)49-39(37-58-48-46(56)45(55)44(54)42(36-50)59-48)43(53)40(51)34-31-28-25-23-20-21-24-27-30-33-38(2)3/h38-46,48,50-56H,4-37H2,1-3H3,(H,49,57)/t39?,40-,41-,42?,43+,44-,45-,46+,48?/m1/s1. The Kier molecular flexibility index (Phi) is 35.8. The van der Waals surface area contributed by atoms with Gasteiger partial charge in [-0.2, -0.15) is 0 Å². The van der Waals surface area contributed by atoms with Gasteiger partial charge in [0.2, 0.25) is 5.91 Å². The molecule has 3 unspecified atom stereocenters. The van der Waals surface area contributed by atoms with Crippen molar-refractivity contribution in [3.05, 3.63) is 0 Å². The highest BCUT2D eigenvalue weighted by atomic mass is 16.7. The Morgan fingerprint density at radius 3 is 1.36 bits per heavy atom. The Labute approximate surface area is 360 Å². The fraction of sp³-hybridized carbons (Fsp3) is 0.979. The van der Waals surface area contributed by atoms with E-state index in [4.69, 9.17) is 9.47 Å². The molecular formula is C48H95NO10. The molecule has 0 saturated carbocycles. The van der Waals surface area contributed by atoms with Gasteiger partial charge < -0.3 is 50.5 Å². The van der Waals surface area contributed by atoms with Gasteiger partial charge in [-0.3, -0.25) is 4.79 Å². The predicted molar refractivity (Wildman–Crippen MR) is 238 cm³/mol. The molecule has 59 heavy (non-hydrogen) atoms. The van der Waals surface area contributed by atoms with Gasteiger partial charge in [-0.05, 0) is 18.8 Å². The lowest BCUT2D eigenvalue weighted by molar-refractivity contribution is -0.303. The molecule has 1 fully saturated rings. The molecule has 0 aliphatic carbocycles. The van der Waals surface area contributed by atoms with E-state index < -0.39 is 74.2 Å². The first-order valence-corrected chi connectivity index (χ1v) is 24.8. The summed E-state index contributed by atoms with van der Waals surface area (Å²) in [5.74, 6) is 0.0701. The van der Waals surface area contributed by atoms with Crippen molar-refractivity contribution in [2.24, 2.45) is 5.92 Å². The fourth-order valence-corrected chi connectivity index (χ4v) is 8.21. The average Bonchev–Trinajstić information content (AvgIpc) is 3.22. The molecule has 9 atom stereocenters. The Hall–Kier alpha value is -0.890. The SMILES string of the molecule is CCCCCCCCCCCCCCCCCCCCCC[C@@H](O)C(=O)NC(COC1OC(CO)[C@@H](O)[C@@H](O)[C@@H]1O)[C@H](O)[C@H](O)CCCCCCCCCCCC(C)C. The van der Waals surface area contributed by atoms with Crippen LogP contribution in [0.15, 0.2) is 0 Å². The van der Waals surface area contributed by atoms with Crippen LogP contribution in [0, 0.1) is 5.92 Å². The monoisotopic (exact) mass is 846 g/mol. The number of carbonyl (C=O) groups is 1. The highest BCUT2D eigenvalue weighted by Gasteiger charge is 2.44. The molecule has 0 bridgehead atoms. The second-order valence-corrected chi connectivity index (χ2v) is 18.4. The molecule has 0 spiro atoms. The van der Waals surface area contributed by atoms with E-state index in [0.717, 1.165) is 44.4 Å². The van der Waals surface area contributed by atoms with Crippen LogP contribution in [0.5, 0.6) is 0 Å². The predicted octanol–water partition coefficient (Wildman–Crippen LogP) is 8.53. The van der Waals surface area contributed by atoms with E-state index in [1.54, 1.807) is 0 Å². The van der Waals surface area contributed by atoms with Crippen LogP contribution in [0.2, 0.25) is 0 Å². The molecule has 8 N–H and O–H groups in total. The molecule has 1 rings (SSSR count). The van der Waals surface area contributed by atoms with Crippen molar-refractivity contribution < 1.29 is 50.0 Å². The molecule has 11 heteroatoms. The topological polar surface area (TPSA) is 189 Å². The van der Waals surface area contributed by atoms with Gasteiger partial charge in [0.25, 0.3) is 0 Å². The Morgan fingerprint density at radius 1 is 0.559 bits per heavy atom. The zero-order valence-corrected chi connectivity index (χ0v) is 38.2. The quantitative estimate of drug-likeness (QED) is 0.0277. The number of amides is 1. The largest absolute Gasteiger partial charge is 0.394 e. The zero-order valence-electron chi connectivity index (χ0n) is 38.2. The second kappa shape index (κ2) is 37.6. The van der Waals surface area contributed by atoms with E-state index in [1.807, 2.05) is 0 Å². The van der Waals surface area contributed by atoms with Gasteiger partial charge in [0.15, 0.2) is 6.29 Å². The number of ether oxygens (including phenoxy) is 2. The second-order valence-electron chi connectivity index (χ2n) is 18.4. The lowest BCUT2D eigenvalue weighted by Gasteiger charge is -2.40. The van der Waals surface area contributed by atoms with E-state index in [0.29, 0.717) is 19.3 Å². The van der Waals surface area contributed by atoms with E-state index in [-0.39, 0.29) is 6.42 Å². The van der Waals surface area contributed by atoms with Crippen LogP contribution in [0.1, 0.15) is 226 Å². The highest BCUT2D eigenvalue weighted by molar-refractivity contribution is 5.80. The van der Waals surface area contributed by atoms with Gasteiger partial charge in [-0.1, -0.05) is 213 Å². The van der Waals surface area contributed by atoms with Gasteiger partial charge in [0.1, 0.15) is 36.6 Å². The summed E-state index contributed by atoms with van der Waals surface area (Å²) in [6, 6.07) is -1.16. The number of nitrogens with one attached hydrogen (secondary N) is 1. The summed E-state index contributed by atoms with van der Waals surface area (Å²) in [7, 11) is 0. The molecule has 0 aromatic heterocycles. The smallest absolute Gasteiger partial charge is 0.249 e. The molecule has 1 aliphatic heterocycles. The Bertz CT molecular complexity index is 941. The molecule has 11 nitrogen and oxygen atoms in total. The zero-order chi connectivity index (χ0) is 43.5. The molecule has 0 aromatic rings. The normalized spacial score (nSPS) is 21.8. The van der Waals surface area contributed by atoms with E-state index in [9.17, 15) is 40.5 Å². The van der Waals surface area contributed by atoms with Crippen molar-refractivity contribution in [1.29, 1.82) is 0 Å². The Balaban J connectivity index is 2.37. The molecule has 1 saturated heterocycles. The van der Waals surface area contributed by atoms with E-state index in [1.165, 1.54) is 141 Å². The van der Waals surface area contributed by atoms with Crippen LogP contribution in [-0.4, -0.2) is 110 Å². The summed E-state index contributed by atoms with van der Waals surface area (Å²) in [6.07, 6.45) is 25.9. The summed E-state index contributed by atoms with van der Waals surface area (Å²) in [5.41, 5.74) is 0. The van der Waals surface area contributed by atoms with Crippen LogP contribution >= 0.6 is 0 Å². The number of rotatable bonds is 41. The minimum atomic E-state index is -1.66. The van der Waals surface area contributed by atoms with Crippen LogP contribution in [-0.2, 0) is 14.3 Å². The minimum absolute atomic E-state index is 0.266. The van der Waals surface area contributed by atoms with Crippen molar-refractivity contribution in [2.75, 3.05) is 13.2 Å². The Morgan fingerprint density at radius 2 is 0.949 bits per heavy atom. The minimum Gasteiger partial charge on any atom is -0.394 e. The van der Waals surface area contributed by atoms with Crippen molar-refractivity contribution in [3.8, 4) is 0 Å². The number of aliphatic hydroxyl groups excluding tert-OH is 7. The average molecular weight is 846 g/mol. The molecule has 1 heterocycles. The van der Waals surface area contributed by atoms with Crippen molar-refractivity contribution in [2.45, 2.75) is 281 Å². The van der Waals surface area contributed by atoms with Crippen LogP contribution in [0.25, 0.3) is 0 Å². The third-order valence-corrected chi connectivity index (χ3v) is 12.3. The van der Waals surface area contributed by atoms with Gasteiger partial charge in [-0.25, -0.2) is 0 Å². The third kappa shape index (κ3) is 28.4. The highest BCUT2D eigenvalue weighted by Crippen LogP contribution is 2.23. The molecular weight excluding hydrogens is 751 g/mol. The molecule has 1 aliphatic rings. The summed E-state index contributed by atoms with van der Waals surface area (Å²) in [4.78, 5) is 13.1. The third-order valence-electron chi connectivity index (χ3n) is 12.3. The van der Waals surface area contributed by atoms with E-state index in [2.05, 4.69) is 26.1 Å². The summed E-state index contributed by atoms with van der Waals surface area (Å²) in [6.45, 7) is 5.75. The number of hydrogen-bond donors (Lipinski definition) is 8. The summed E-state index contributed by atoms with van der Waals surface area (Å²) >= 11 is 0. The number of unbranched alkanes of at least 4 members (excludes halogenated alkanes) is 27. The maximum absolute atomic E-state index is 13.1. The maximum atomic E-state index is 13.1. The van der Waals surface area contributed by atoms with Gasteiger partial charge in [0.05, 0.1) is 25.4 Å². The first kappa shape index (κ1) is 56.1. The molecule has 352 valence electrons. The van der Waals surface area contributed by atoms with Crippen molar-refractivity contribution >= 4 is 5.91 Å². The van der Waals surface area contributed by atoms with Crippen molar-refractivity contribution in [3.63, 3.8) is 0 Å². The van der Waals surface area contributed by atoms with Crippen LogP contribution in [0.4, 0.5) is 0 Å². The van der Waals surface area contributed by atoms with E-state index >= 15 is 0 Å². The molecule has 0 radical (unpaired) electrons. The fourth-order valence-electron chi connectivity index (χ4n) is 8.21. The number of aliphatic hydroxyl groups is 7. The van der Waals surface area contributed by atoms with Crippen LogP contribution < -0.4 is 5.32 Å². The number of carbonyl (C=O) groups excluding carboxylic acids is 1. The maximum Gasteiger partial charge on any atom is 0.249 e. The lowest BCUT2D eigenvalue weighted by atomic mass is 9.98.